The zero-order valence-electron chi connectivity index (χ0n) is 15.6. The first kappa shape index (κ1) is 18.1. The van der Waals surface area contributed by atoms with E-state index < -0.39 is 6.04 Å². The van der Waals surface area contributed by atoms with Gasteiger partial charge in [-0.2, -0.15) is 0 Å². The van der Waals surface area contributed by atoms with Gasteiger partial charge in [0.2, 0.25) is 5.82 Å². The van der Waals surface area contributed by atoms with E-state index in [0.29, 0.717) is 37.9 Å². The highest BCUT2D eigenvalue weighted by atomic mass is 16.5. The third-order valence-corrected chi connectivity index (χ3v) is 4.66. The Morgan fingerprint density at radius 2 is 1.89 bits per heavy atom. The van der Waals surface area contributed by atoms with E-state index >= 15 is 0 Å². The second kappa shape index (κ2) is 8.18. The van der Waals surface area contributed by atoms with E-state index in [1.54, 1.807) is 12.0 Å². The lowest BCUT2D eigenvalue weighted by Crippen LogP contribution is -2.45. The number of rotatable bonds is 5. The van der Waals surface area contributed by atoms with Crippen molar-refractivity contribution in [2.24, 2.45) is 0 Å². The van der Waals surface area contributed by atoms with E-state index in [9.17, 15) is 4.79 Å². The smallest absolute Gasteiger partial charge is 0.254 e. The Bertz CT molecular complexity index is 938. The first-order valence-corrected chi connectivity index (χ1v) is 9.11. The number of morpholine rings is 1. The van der Waals surface area contributed by atoms with Crippen LogP contribution < -0.4 is 4.74 Å². The maximum absolute atomic E-state index is 13.3. The lowest BCUT2D eigenvalue weighted by molar-refractivity contribution is -0.138. The third-order valence-electron chi connectivity index (χ3n) is 4.66. The molecule has 0 N–H and O–H groups in total. The number of methoxy groups -OCH3 is 1. The van der Waals surface area contributed by atoms with E-state index in [1.165, 1.54) is 4.80 Å². The lowest BCUT2D eigenvalue weighted by atomic mass is 10.1. The predicted octanol–water partition coefficient (Wildman–Crippen LogP) is 1.80. The monoisotopic (exact) mass is 379 g/mol. The van der Waals surface area contributed by atoms with Gasteiger partial charge >= 0.3 is 0 Å². The topological polar surface area (TPSA) is 82.4 Å². The van der Waals surface area contributed by atoms with Crippen LogP contribution in [0.1, 0.15) is 11.6 Å². The van der Waals surface area contributed by atoms with Gasteiger partial charge in [-0.05, 0) is 22.9 Å². The van der Waals surface area contributed by atoms with E-state index in [1.807, 2.05) is 54.6 Å². The van der Waals surface area contributed by atoms with Crippen LogP contribution in [-0.4, -0.2) is 64.4 Å². The number of carbonyl (C=O) groups excluding carboxylic acids is 1. The molecule has 28 heavy (non-hydrogen) atoms. The minimum Gasteiger partial charge on any atom is -0.497 e. The van der Waals surface area contributed by atoms with Crippen LogP contribution >= 0.6 is 0 Å². The number of tetrazole rings is 1. The molecule has 0 radical (unpaired) electrons. The number of benzene rings is 2. The van der Waals surface area contributed by atoms with Gasteiger partial charge in [-0.1, -0.05) is 42.5 Å². The van der Waals surface area contributed by atoms with Crippen molar-refractivity contribution in [2.75, 3.05) is 33.4 Å². The van der Waals surface area contributed by atoms with Gasteiger partial charge in [0.05, 0.1) is 20.3 Å². The third kappa shape index (κ3) is 3.72. The molecule has 1 amide bonds. The Labute approximate surface area is 162 Å². The fourth-order valence-corrected chi connectivity index (χ4v) is 3.18. The van der Waals surface area contributed by atoms with Crippen LogP contribution in [0.4, 0.5) is 0 Å². The number of hydrogen-bond acceptors (Lipinski definition) is 6. The Morgan fingerprint density at radius 1 is 1.11 bits per heavy atom. The summed E-state index contributed by atoms with van der Waals surface area (Å²) in [6, 6.07) is 16.3. The van der Waals surface area contributed by atoms with Gasteiger partial charge in [0.25, 0.3) is 5.91 Å². The summed E-state index contributed by atoms with van der Waals surface area (Å²) in [5.41, 5.74) is 1.59. The average molecular weight is 379 g/mol. The number of aromatic nitrogens is 4. The number of carbonyl (C=O) groups is 1. The SMILES string of the molecule is COc1cccc(-c2nnn([C@@H](C(=O)N3CCOCC3)c3ccccc3)n2)c1. The largest absolute Gasteiger partial charge is 0.497 e. The molecule has 0 bridgehead atoms. The molecule has 2 heterocycles. The Morgan fingerprint density at radius 3 is 2.64 bits per heavy atom. The molecule has 0 aliphatic carbocycles. The van der Waals surface area contributed by atoms with Gasteiger partial charge in [0, 0.05) is 18.7 Å². The summed E-state index contributed by atoms with van der Waals surface area (Å²) in [4.78, 5) is 16.4. The molecule has 2 aromatic carbocycles. The summed E-state index contributed by atoms with van der Waals surface area (Å²) in [6.45, 7) is 2.18. The molecule has 1 aliphatic rings. The lowest BCUT2D eigenvalue weighted by Gasteiger charge is -2.30. The van der Waals surface area contributed by atoms with Gasteiger partial charge in [-0.15, -0.1) is 15.0 Å². The summed E-state index contributed by atoms with van der Waals surface area (Å²) < 4.78 is 10.6. The minimum absolute atomic E-state index is 0.0657. The van der Waals surface area contributed by atoms with E-state index in [4.69, 9.17) is 9.47 Å². The van der Waals surface area contributed by atoms with Crippen molar-refractivity contribution >= 4 is 5.91 Å². The molecule has 0 unspecified atom stereocenters. The van der Waals surface area contributed by atoms with Crippen molar-refractivity contribution in [3.63, 3.8) is 0 Å². The van der Waals surface area contributed by atoms with Crippen LogP contribution in [0, 0.1) is 0 Å². The highest BCUT2D eigenvalue weighted by Gasteiger charge is 2.31. The molecular formula is C20H21N5O3. The molecule has 0 saturated carbocycles. The second-order valence-electron chi connectivity index (χ2n) is 6.42. The molecular weight excluding hydrogens is 358 g/mol. The fraction of sp³-hybridized carbons (Fsp3) is 0.300. The molecule has 8 nitrogen and oxygen atoms in total. The van der Waals surface area contributed by atoms with E-state index in [2.05, 4.69) is 15.4 Å². The van der Waals surface area contributed by atoms with Crippen LogP contribution in [0.25, 0.3) is 11.4 Å². The Hall–Kier alpha value is -3.26. The van der Waals surface area contributed by atoms with Crippen LogP contribution in [0.15, 0.2) is 54.6 Å². The number of nitrogens with zero attached hydrogens (tertiary/aromatic N) is 5. The predicted molar refractivity (Wildman–Crippen MR) is 102 cm³/mol. The summed E-state index contributed by atoms with van der Waals surface area (Å²) in [7, 11) is 1.61. The molecule has 1 aromatic heterocycles. The zero-order valence-corrected chi connectivity index (χ0v) is 15.6. The van der Waals surface area contributed by atoms with Crippen molar-refractivity contribution in [3.05, 3.63) is 60.2 Å². The van der Waals surface area contributed by atoms with Gasteiger partial charge in [0.1, 0.15) is 5.75 Å². The molecule has 1 saturated heterocycles. The highest BCUT2D eigenvalue weighted by Crippen LogP contribution is 2.23. The van der Waals surface area contributed by atoms with Crippen molar-refractivity contribution < 1.29 is 14.3 Å². The fourth-order valence-electron chi connectivity index (χ4n) is 3.18. The van der Waals surface area contributed by atoms with Gasteiger partial charge in [0.15, 0.2) is 6.04 Å². The maximum atomic E-state index is 13.3. The summed E-state index contributed by atoms with van der Waals surface area (Å²) in [6.07, 6.45) is 0. The van der Waals surface area contributed by atoms with Crippen LogP contribution in [-0.2, 0) is 9.53 Å². The molecule has 4 rings (SSSR count). The quantitative estimate of drug-likeness (QED) is 0.672. The van der Waals surface area contributed by atoms with E-state index in [0.717, 1.165) is 11.1 Å². The molecule has 0 spiro atoms. The maximum Gasteiger partial charge on any atom is 0.254 e. The minimum atomic E-state index is -0.675. The number of hydrogen-bond donors (Lipinski definition) is 0. The van der Waals surface area contributed by atoms with Crippen LogP contribution in [0.2, 0.25) is 0 Å². The van der Waals surface area contributed by atoms with Crippen molar-refractivity contribution in [1.82, 2.24) is 25.1 Å². The van der Waals surface area contributed by atoms with Crippen molar-refractivity contribution in [3.8, 4) is 17.1 Å². The average Bonchev–Trinajstić information content (AvgIpc) is 3.25. The Kier molecular flexibility index (Phi) is 5.29. The molecule has 1 atom stereocenters. The van der Waals surface area contributed by atoms with Crippen molar-refractivity contribution in [2.45, 2.75) is 6.04 Å². The van der Waals surface area contributed by atoms with Gasteiger partial charge in [-0.3, -0.25) is 4.79 Å². The first-order chi connectivity index (χ1) is 13.8. The highest BCUT2D eigenvalue weighted by molar-refractivity contribution is 5.83. The normalized spacial score (nSPS) is 15.2. The number of ether oxygens (including phenoxy) is 2. The van der Waals surface area contributed by atoms with Crippen molar-refractivity contribution in [1.29, 1.82) is 0 Å². The standard InChI is InChI=1S/C20H21N5O3/c1-27-17-9-5-8-16(14-17)19-21-23-25(22-19)18(15-6-3-2-4-7-15)20(26)24-10-12-28-13-11-24/h2-9,14,18H,10-13H2,1H3/t18-/m1/s1. The molecule has 1 aliphatic heterocycles. The first-order valence-electron chi connectivity index (χ1n) is 9.11. The summed E-state index contributed by atoms with van der Waals surface area (Å²) in [5.74, 6) is 1.08. The molecule has 8 heteroatoms. The second-order valence-corrected chi connectivity index (χ2v) is 6.42. The summed E-state index contributed by atoms with van der Waals surface area (Å²) in [5, 5.41) is 12.9. The summed E-state index contributed by atoms with van der Waals surface area (Å²) >= 11 is 0. The van der Waals surface area contributed by atoms with Gasteiger partial charge in [-0.25, -0.2) is 0 Å². The van der Waals surface area contributed by atoms with Crippen LogP contribution in [0.5, 0.6) is 5.75 Å². The molecule has 144 valence electrons. The molecule has 1 fully saturated rings. The van der Waals surface area contributed by atoms with E-state index in [-0.39, 0.29) is 5.91 Å². The zero-order chi connectivity index (χ0) is 19.3. The Balaban J connectivity index is 1.69. The molecule has 3 aromatic rings. The van der Waals surface area contributed by atoms with Gasteiger partial charge < -0.3 is 14.4 Å². The van der Waals surface area contributed by atoms with Crippen LogP contribution in [0.3, 0.4) is 0 Å². The number of amides is 1.